The van der Waals surface area contributed by atoms with Crippen molar-refractivity contribution in [2.75, 3.05) is 39.3 Å². The van der Waals surface area contributed by atoms with Crippen LogP contribution in [0.3, 0.4) is 0 Å². The van der Waals surface area contributed by atoms with Crippen molar-refractivity contribution in [3.05, 3.63) is 0 Å². The molecule has 0 bridgehead atoms. The zero-order valence-corrected chi connectivity index (χ0v) is 21.8. The fourth-order valence-corrected chi connectivity index (χ4v) is 22.2. The van der Waals surface area contributed by atoms with E-state index in [1.165, 1.54) is 0 Å². The summed E-state index contributed by atoms with van der Waals surface area (Å²) < 4.78 is 33.9. The SMILES string of the molecule is C[C@@H]1CN1P1(N2C[C@@H]2C)=NP(N2C[C@H]2C)(N2C[C@@H]2C)=NP(N2C[C@@H]2C)(N2C[C@@H]2C)=N1. The van der Waals surface area contributed by atoms with Crippen LogP contribution in [0.1, 0.15) is 41.5 Å². The monoisotopic (exact) mass is 471 g/mol. The molecule has 6 saturated heterocycles. The first-order chi connectivity index (χ1) is 14.2. The fourth-order valence-electron chi connectivity index (χ4n) is 5.18. The first-order valence-corrected chi connectivity index (χ1v) is 16.6. The van der Waals surface area contributed by atoms with Crippen LogP contribution in [0.25, 0.3) is 0 Å². The van der Waals surface area contributed by atoms with E-state index in [2.05, 4.69) is 69.6 Å². The molecule has 0 aromatic carbocycles. The summed E-state index contributed by atoms with van der Waals surface area (Å²) in [7, 11) is -6.22. The van der Waals surface area contributed by atoms with E-state index in [0.717, 1.165) is 39.3 Å². The molecule has 0 aromatic heterocycles. The molecule has 168 valence electrons. The highest BCUT2D eigenvalue weighted by Gasteiger charge is 2.66. The Hall–Kier alpha value is 0.450. The third-order valence-corrected chi connectivity index (χ3v) is 21.0. The van der Waals surface area contributed by atoms with Gasteiger partial charge in [-0.1, -0.05) is 0 Å². The van der Waals surface area contributed by atoms with Crippen molar-refractivity contribution in [3.63, 3.8) is 0 Å². The van der Waals surface area contributed by atoms with Gasteiger partial charge in [-0.3, -0.25) is 0 Å². The molecule has 0 radical (unpaired) electrons. The van der Waals surface area contributed by atoms with Gasteiger partial charge in [0, 0.05) is 75.5 Å². The summed E-state index contributed by atoms with van der Waals surface area (Å²) in [4.78, 5) is 0. The zero-order valence-electron chi connectivity index (χ0n) is 19.1. The Kier molecular flexibility index (Phi) is 3.92. The van der Waals surface area contributed by atoms with Crippen molar-refractivity contribution in [1.82, 2.24) is 28.0 Å². The maximum atomic E-state index is 5.93. The Labute approximate surface area is 181 Å². The Morgan fingerprint density at radius 3 is 0.633 bits per heavy atom. The van der Waals surface area contributed by atoms with E-state index in [1.54, 1.807) is 0 Å². The number of nitrogens with zero attached hydrogens (tertiary/aromatic N) is 9. The summed E-state index contributed by atoms with van der Waals surface area (Å²) in [5, 5.41) is 0. The summed E-state index contributed by atoms with van der Waals surface area (Å²) in [5.74, 6) is 0. The number of hydrogen-bond donors (Lipinski definition) is 0. The van der Waals surface area contributed by atoms with E-state index < -0.39 is 22.5 Å². The van der Waals surface area contributed by atoms with Gasteiger partial charge in [-0.2, -0.15) is 13.5 Å². The Bertz CT molecular complexity index is 795. The van der Waals surface area contributed by atoms with E-state index in [4.69, 9.17) is 13.5 Å². The van der Waals surface area contributed by atoms with Crippen molar-refractivity contribution < 1.29 is 0 Å². The molecule has 6 fully saturated rings. The van der Waals surface area contributed by atoms with Crippen LogP contribution < -0.4 is 0 Å². The molecular formula is C18H36N9P3. The third kappa shape index (κ3) is 2.62. The van der Waals surface area contributed by atoms with Crippen molar-refractivity contribution in [2.24, 2.45) is 13.5 Å². The van der Waals surface area contributed by atoms with E-state index in [-0.39, 0.29) is 0 Å². The minimum absolute atomic E-state index is 0.608. The summed E-state index contributed by atoms with van der Waals surface area (Å²) in [6.45, 7) is 21.1. The fraction of sp³-hybridized carbons (Fsp3) is 1.00. The van der Waals surface area contributed by atoms with Gasteiger partial charge in [0.1, 0.15) is 0 Å². The van der Waals surface area contributed by atoms with Gasteiger partial charge in [0.2, 0.25) is 22.5 Å². The van der Waals surface area contributed by atoms with Gasteiger partial charge in [-0.25, -0.2) is 28.0 Å². The van der Waals surface area contributed by atoms with Gasteiger partial charge in [-0.15, -0.1) is 0 Å². The highest BCUT2D eigenvalue weighted by molar-refractivity contribution is 7.83. The Morgan fingerprint density at radius 2 is 0.533 bits per heavy atom. The summed E-state index contributed by atoms with van der Waals surface area (Å²) in [5.41, 5.74) is 0. The minimum Gasteiger partial charge on any atom is -0.234 e. The van der Waals surface area contributed by atoms with Crippen LogP contribution >= 0.6 is 22.5 Å². The second kappa shape index (κ2) is 5.92. The van der Waals surface area contributed by atoms with Crippen LogP contribution in [0.4, 0.5) is 0 Å². The van der Waals surface area contributed by atoms with Crippen LogP contribution in [0, 0.1) is 0 Å². The topological polar surface area (TPSA) is 55.1 Å². The molecule has 7 heterocycles. The molecule has 7 aliphatic rings. The first kappa shape index (κ1) is 19.9. The average molecular weight is 471 g/mol. The second-order valence-electron chi connectivity index (χ2n) is 10.7. The van der Waals surface area contributed by atoms with Gasteiger partial charge in [0.15, 0.2) is 0 Å². The smallest absolute Gasteiger partial charge is 0.221 e. The van der Waals surface area contributed by atoms with Gasteiger partial charge >= 0.3 is 0 Å². The van der Waals surface area contributed by atoms with Crippen molar-refractivity contribution in [2.45, 2.75) is 77.8 Å². The summed E-state index contributed by atoms with van der Waals surface area (Å²) in [6, 6.07) is 3.65. The van der Waals surface area contributed by atoms with Crippen LogP contribution in [-0.4, -0.2) is 104 Å². The van der Waals surface area contributed by atoms with E-state index in [9.17, 15) is 0 Å². The molecule has 7 rings (SSSR count). The van der Waals surface area contributed by atoms with Crippen LogP contribution in [-0.2, 0) is 0 Å². The molecule has 8 unspecified atom stereocenters. The average Bonchev–Trinajstić information content (AvgIpc) is 3.48. The van der Waals surface area contributed by atoms with E-state index in [0.29, 0.717) is 36.3 Å². The summed E-state index contributed by atoms with van der Waals surface area (Å²) in [6.07, 6.45) is 0. The molecule has 0 spiro atoms. The maximum Gasteiger partial charge on any atom is 0.221 e. The third-order valence-electron chi connectivity index (χ3n) is 7.75. The molecule has 30 heavy (non-hydrogen) atoms. The molecule has 0 saturated carbocycles. The predicted octanol–water partition coefficient (Wildman–Crippen LogP) is 4.06. The van der Waals surface area contributed by atoms with Crippen molar-refractivity contribution >= 4 is 22.5 Å². The van der Waals surface area contributed by atoms with Gasteiger partial charge in [0.25, 0.3) is 0 Å². The molecular weight excluding hydrogens is 435 g/mol. The largest absolute Gasteiger partial charge is 0.234 e. The number of hydrogen-bond acceptors (Lipinski definition) is 9. The van der Waals surface area contributed by atoms with Gasteiger partial charge in [-0.05, 0) is 41.5 Å². The molecule has 0 aromatic rings. The Morgan fingerprint density at radius 1 is 0.400 bits per heavy atom. The first-order valence-electron chi connectivity index (χ1n) is 11.8. The molecule has 14 atom stereocenters. The van der Waals surface area contributed by atoms with Gasteiger partial charge in [0.05, 0.1) is 0 Å². The second-order valence-corrected chi connectivity index (χ2v) is 19.2. The maximum absolute atomic E-state index is 5.93. The molecule has 0 aliphatic carbocycles. The lowest BCUT2D eigenvalue weighted by molar-refractivity contribution is 0.667. The lowest BCUT2D eigenvalue weighted by Crippen LogP contribution is -2.17. The van der Waals surface area contributed by atoms with Crippen LogP contribution in [0.2, 0.25) is 0 Å². The standard InChI is InChI=1S/C18H36N9P3/c1-13-7-22(13)28(23-8-14(23)2)19-29(24-9-15(24)3,25-10-16(25)4)21-30(20-28,26-11-17(26)5)27-12-18(27)6/h13-18H,7-12H2,1-6H3/t13-,14-,15-,16+,17-,18+,22?,23?,24?,25?,26?,27?,28?,29?,30?/m0/s1. The molecule has 12 heteroatoms. The number of rotatable bonds is 6. The molecule has 9 nitrogen and oxygen atoms in total. The molecule has 0 N–H and O–H groups in total. The van der Waals surface area contributed by atoms with E-state index in [1.807, 2.05) is 0 Å². The van der Waals surface area contributed by atoms with Crippen molar-refractivity contribution in [1.29, 1.82) is 0 Å². The Balaban J connectivity index is 1.53. The normalized spacial score (nSPS) is 69.4. The lowest BCUT2D eigenvalue weighted by atomic mass is 10.6. The zero-order chi connectivity index (χ0) is 20.8. The summed E-state index contributed by atoms with van der Waals surface area (Å²) >= 11 is 0. The molecule has 7 aliphatic heterocycles. The minimum atomic E-state index is -2.07. The quantitative estimate of drug-likeness (QED) is 0.430. The van der Waals surface area contributed by atoms with Gasteiger partial charge < -0.3 is 0 Å². The van der Waals surface area contributed by atoms with Crippen molar-refractivity contribution in [3.8, 4) is 0 Å². The van der Waals surface area contributed by atoms with Crippen LogP contribution in [0.15, 0.2) is 13.5 Å². The lowest BCUT2D eigenvalue weighted by Gasteiger charge is -2.40. The predicted molar refractivity (Wildman–Crippen MR) is 125 cm³/mol. The van der Waals surface area contributed by atoms with E-state index >= 15 is 0 Å². The highest BCUT2D eigenvalue weighted by atomic mass is 31.3. The van der Waals surface area contributed by atoms with Crippen LogP contribution in [0.5, 0.6) is 0 Å². The highest BCUT2D eigenvalue weighted by Crippen LogP contribution is 2.89. The molecule has 0 amide bonds.